The molecule has 1 rings (SSSR count). The number of nitrogens with one attached hydrogen (secondary N) is 2. The molecule has 4 heteroatoms. The molecule has 18 heavy (non-hydrogen) atoms. The third-order valence-electron chi connectivity index (χ3n) is 3.86. The lowest BCUT2D eigenvalue weighted by Crippen LogP contribution is -2.55. The van der Waals surface area contributed by atoms with Gasteiger partial charge in [0.25, 0.3) is 0 Å². The van der Waals surface area contributed by atoms with Crippen LogP contribution in [0.2, 0.25) is 0 Å². The maximum absolute atomic E-state index is 11.9. The molecule has 0 bridgehead atoms. The Morgan fingerprint density at radius 2 is 2.00 bits per heavy atom. The predicted octanol–water partition coefficient (Wildman–Crippen LogP) is 1.58. The third-order valence-corrected chi connectivity index (χ3v) is 3.86. The summed E-state index contributed by atoms with van der Waals surface area (Å²) in [5.74, 6) is 0.0471. The highest BCUT2D eigenvalue weighted by Gasteiger charge is 2.35. The lowest BCUT2D eigenvalue weighted by molar-refractivity contribution is -0.123. The summed E-state index contributed by atoms with van der Waals surface area (Å²) < 4.78 is 0. The molecule has 0 radical (unpaired) electrons. The van der Waals surface area contributed by atoms with Gasteiger partial charge in [-0.1, -0.05) is 32.6 Å². The first-order chi connectivity index (χ1) is 8.63. The van der Waals surface area contributed by atoms with Crippen molar-refractivity contribution in [1.29, 1.82) is 0 Å². The van der Waals surface area contributed by atoms with Crippen molar-refractivity contribution in [3.63, 3.8) is 0 Å². The van der Waals surface area contributed by atoms with Gasteiger partial charge in [0, 0.05) is 12.1 Å². The molecule has 106 valence electrons. The molecule has 1 unspecified atom stereocenters. The average Bonchev–Trinajstić information content (AvgIpc) is 2.83. The first-order valence-electron chi connectivity index (χ1n) is 7.30. The highest BCUT2D eigenvalue weighted by Crippen LogP contribution is 2.29. The molecule has 0 aromatic rings. The summed E-state index contributed by atoms with van der Waals surface area (Å²) >= 11 is 0. The van der Waals surface area contributed by atoms with Gasteiger partial charge in [-0.15, -0.1) is 0 Å². The molecule has 0 aliphatic heterocycles. The van der Waals surface area contributed by atoms with Gasteiger partial charge in [0.15, 0.2) is 0 Å². The van der Waals surface area contributed by atoms with Crippen LogP contribution in [0.15, 0.2) is 0 Å². The van der Waals surface area contributed by atoms with Crippen LogP contribution in [0, 0.1) is 0 Å². The summed E-state index contributed by atoms with van der Waals surface area (Å²) in [6, 6.07) is -0.225. The van der Waals surface area contributed by atoms with Crippen molar-refractivity contribution >= 4 is 5.91 Å². The Morgan fingerprint density at radius 3 is 2.56 bits per heavy atom. The van der Waals surface area contributed by atoms with Gasteiger partial charge in [-0.25, -0.2) is 0 Å². The summed E-state index contributed by atoms with van der Waals surface area (Å²) in [7, 11) is 0. The highest BCUT2D eigenvalue weighted by molar-refractivity contribution is 5.81. The van der Waals surface area contributed by atoms with Gasteiger partial charge in [0.1, 0.15) is 0 Å². The summed E-state index contributed by atoms with van der Waals surface area (Å²) in [6.45, 7) is 4.91. The Morgan fingerprint density at radius 1 is 1.33 bits per heavy atom. The molecule has 0 saturated heterocycles. The first kappa shape index (κ1) is 15.4. The fourth-order valence-corrected chi connectivity index (χ4v) is 2.66. The van der Waals surface area contributed by atoms with E-state index in [0.717, 1.165) is 51.5 Å². The minimum atomic E-state index is -0.225. The molecule has 4 nitrogen and oxygen atoms in total. The second kappa shape index (κ2) is 7.74. The molecular weight excluding hydrogens is 228 g/mol. The van der Waals surface area contributed by atoms with Crippen molar-refractivity contribution in [3.05, 3.63) is 0 Å². The van der Waals surface area contributed by atoms with Crippen molar-refractivity contribution in [3.8, 4) is 0 Å². The Kier molecular flexibility index (Phi) is 6.65. The minimum absolute atomic E-state index is 0.0471. The van der Waals surface area contributed by atoms with Crippen LogP contribution in [0.4, 0.5) is 0 Å². The average molecular weight is 256 g/mol. The van der Waals surface area contributed by atoms with Crippen LogP contribution in [0.3, 0.4) is 0 Å². The van der Waals surface area contributed by atoms with Gasteiger partial charge in [-0.2, -0.15) is 0 Å². The van der Waals surface area contributed by atoms with Crippen molar-refractivity contribution in [2.75, 3.05) is 13.2 Å². The SMILES string of the molecule is CCCCCNC(=O)C(C)NC1(CO)CCCC1. The molecule has 0 heterocycles. The third kappa shape index (κ3) is 4.58. The van der Waals surface area contributed by atoms with Crippen LogP contribution in [-0.2, 0) is 4.79 Å². The highest BCUT2D eigenvalue weighted by atomic mass is 16.3. The Bertz CT molecular complexity index is 250. The van der Waals surface area contributed by atoms with E-state index in [1.54, 1.807) is 0 Å². The zero-order valence-electron chi connectivity index (χ0n) is 11.8. The molecule has 0 aromatic carbocycles. The Balaban J connectivity index is 2.30. The largest absolute Gasteiger partial charge is 0.394 e. The second-order valence-corrected chi connectivity index (χ2v) is 5.51. The van der Waals surface area contributed by atoms with Gasteiger partial charge in [0.05, 0.1) is 12.6 Å². The lowest BCUT2D eigenvalue weighted by atomic mass is 9.97. The summed E-state index contributed by atoms with van der Waals surface area (Å²) in [6.07, 6.45) is 7.57. The van der Waals surface area contributed by atoms with Crippen LogP contribution in [0.5, 0.6) is 0 Å². The second-order valence-electron chi connectivity index (χ2n) is 5.51. The van der Waals surface area contributed by atoms with Crippen LogP contribution in [-0.4, -0.2) is 35.7 Å². The monoisotopic (exact) mass is 256 g/mol. The Labute approximate surface area is 111 Å². The summed E-state index contributed by atoms with van der Waals surface area (Å²) in [5.41, 5.74) is -0.222. The van der Waals surface area contributed by atoms with Gasteiger partial charge >= 0.3 is 0 Å². The number of amides is 1. The van der Waals surface area contributed by atoms with Gasteiger partial charge in [-0.05, 0) is 26.2 Å². The van der Waals surface area contributed by atoms with Crippen LogP contribution in [0.1, 0.15) is 58.8 Å². The molecule has 1 atom stereocenters. The molecule has 0 spiro atoms. The zero-order valence-corrected chi connectivity index (χ0v) is 11.8. The lowest BCUT2D eigenvalue weighted by Gasteiger charge is -2.31. The van der Waals surface area contributed by atoms with E-state index in [2.05, 4.69) is 17.6 Å². The first-order valence-corrected chi connectivity index (χ1v) is 7.30. The molecule has 1 fully saturated rings. The molecule has 1 amide bonds. The van der Waals surface area contributed by atoms with E-state index in [9.17, 15) is 9.90 Å². The number of aliphatic hydroxyl groups excluding tert-OH is 1. The van der Waals surface area contributed by atoms with Crippen LogP contribution in [0.25, 0.3) is 0 Å². The van der Waals surface area contributed by atoms with Gasteiger partial charge in [-0.3, -0.25) is 10.1 Å². The molecule has 1 aliphatic carbocycles. The molecule has 3 N–H and O–H groups in total. The number of unbranched alkanes of at least 4 members (excludes halogenated alkanes) is 2. The standard InChI is InChI=1S/C14H28N2O2/c1-3-4-7-10-15-13(18)12(2)16-14(11-17)8-5-6-9-14/h12,16-17H,3-11H2,1-2H3,(H,15,18). The van der Waals surface area contributed by atoms with E-state index in [0.29, 0.717) is 0 Å². The minimum Gasteiger partial charge on any atom is -0.394 e. The number of rotatable bonds is 8. The van der Waals surface area contributed by atoms with Crippen LogP contribution < -0.4 is 10.6 Å². The smallest absolute Gasteiger partial charge is 0.236 e. The topological polar surface area (TPSA) is 61.4 Å². The Hall–Kier alpha value is -0.610. The van der Waals surface area contributed by atoms with Crippen molar-refractivity contribution in [2.24, 2.45) is 0 Å². The zero-order chi connectivity index (χ0) is 13.4. The number of hydrogen-bond acceptors (Lipinski definition) is 3. The maximum Gasteiger partial charge on any atom is 0.236 e. The predicted molar refractivity (Wildman–Crippen MR) is 73.4 cm³/mol. The number of carbonyl (C=O) groups is 1. The summed E-state index contributed by atoms with van der Waals surface area (Å²) in [5, 5.41) is 15.8. The normalized spacial score (nSPS) is 19.7. The summed E-state index contributed by atoms with van der Waals surface area (Å²) in [4.78, 5) is 11.9. The van der Waals surface area contributed by atoms with E-state index in [1.807, 2.05) is 6.92 Å². The van der Waals surface area contributed by atoms with Crippen LogP contribution >= 0.6 is 0 Å². The molecule has 1 saturated carbocycles. The number of hydrogen-bond donors (Lipinski definition) is 3. The van der Waals surface area contributed by atoms with Crippen molar-refractivity contribution in [1.82, 2.24) is 10.6 Å². The van der Waals surface area contributed by atoms with Gasteiger partial charge in [0.2, 0.25) is 5.91 Å². The molecular formula is C14H28N2O2. The maximum atomic E-state index is 11.9. The quantitative estimate of drug-likeness (QED) is 0.578. The number of aliphatic hydroxyl groups is 1. The van der Waals surface area contributed by atoms with E-state index < -0.39 is 0 Å². The van der Waals surface area contributed by atoms with Crippen molar-refractivity contribution < 1.29 is 9.90 Å². The molecule has 0 aromatic heterocycles. The van der Waals surface area contributed by atoms with E-state index in [1.165, 1.54) is 0 Å². The van der Waals surface area contributed by atoms with E-state index >= 15 is 0 Å². The van der Waals surface area contributed by atoms with Crippen molar-refractivity contribution in [2.45, 2.75) is 70.4 Å². The fraction of sp³-hybridized carbons (Fsp3) is 0.929. The molecule has 1 aliphatic rings. The fourth-order valence-electron chi connectivity index (χ4n) is 2.66. The van der Waals surface area contributed by atoms with E-state index in [-0.39, 0.29) is 24.1 Å². The number of carbonyl (C=O) groups excluding carboxylic acids is 1. The van der Waals surface area contributed by atoms with E-state index in [4.69, 9.17) is 0 Å². The van der Waals surface area contributed by atoms with Gasteiger partial charge < -0.3 is 10.4 Å².